The molecule has 0 bridgehead atoms. The lowest BCUT2D eigenvalue weighted by molar-refractivity contribution is -0.116. The smallest absolute Gasteiger partial charge is 0.226 e. The van der Waals surface area contributed by atoms with Gasteiger partial charge in [-0.3, -0.25) is 9.69 Å². The summed E-state index contributed by atoms with van der Waals surface area (Å²) in [4.78, 5) is 18.9. The molecule has 1 aliphatic heterocycles. The summed E-state index contributed by atoms with van der Waals surface area (Å²) < 4.78 is 13.1. The van der Waals surface area contributed by atoms with Gasteiger partial charge in [-0.05, 0) is 50.0 Å². The lowest BCUT2D eigenvalue weighted by Gasteiger charge is -2.25. The van der Waals surface area contributed by atoms with Crippen molar-refractivity contribution in [2.45, 2.75) is 38.6 Å². The summed E-state index contributed by atoms with van der Waals surface area (Å²) in [6.07, 6.45) is 4.68. The van der Waals surface area contributed by atoms with Gasteiger partial charge in [0, 0.05) is 18.3 Å². The van der Waals surface area contributed by atoms with Gasteiger partial charge in [-0.15, -0.1) is 11.3 Å². The molecule has 1 fully saturated rings. The molecule has 0 aliphatic carbocycles. The van der Waals surface area contributed by atoms with Crippen molar-refractivity contribution < 1.29 is 9.18 Å². The number of aryl methyl sites for hydroxylation is 1. The van der Waals surface area contributed by atoms with Crippen molar-refractivity contribution >= 4 is 22.4 Å². The van der Waals surface area contributed by atoms with E-state index in [1.807, 2.05) is 11.4 Å². The first-order valence-corrected chi connectivity index (χ1v) is 9.28. The summed E-state index contributed by atoms with van der Waals surface area (Å²) in [6, 6.07) is 6.36. The van der Waals surface area contributed by atoms with Crippen LogP contribution in [0, 0.1) is 5.82 Å². The summed E-state index contributed by atoms with van der Waals surface area (Å²) in [6.45, 7) is 3.12. The summed E-state index contributed by atoms with van der Waals surface area (Å²) in [5.74, 6) is -0.353. The van der Waals surface area contributed by atoms with Gasteiger partial charge < -0.3 is 5.32 Å². The predicted octanol–water partition coefficient (Wildman–Crippen LogP) is 3.84. The fourth-order valence-corrected chi connectivity index (χ4v) is 3.63. The minimum Gasteiger partial charge on any atom is -0.302 e. The second-order valence-corrected chi connectivity index (χ2v) is 7.02. The molecular formula is C18H22FN3OS. The van der Waals surface area contributed by atoms with Crippen LogP contribution in [0.4, 0.5) is 9.52 Å². The number of likely N-dealkylation sites (tertiary alicyclic amines) is 1. The number of rotatable bonds is 6. The Balaban J connectivity index is 1.46. The summed E-state index contributed by atoms with van der Waals surface area (Å²) >= 11 is 1.46. The highest BCUT2D eigenvalue weighted by Gasteiger charge is 2.13. The molecule has 0 spiro atoms. The number of thiazole rings is 1. The first-order chi connectivity index (χ1) is 11.7. The predicted molar refractivity (Wildman–Crippen MR) is 94.6 cm³/mol. The largest absolute Gasteiger partial charge is 0.302 e. The standard InChI is InChI=1S/C18H22FN3OS/c19-15-6-4-5-14(11-15)7-8-17(23)21-18-20-16(13-24-18)12-22-9-2-1-3-10-22/h4-6,11,13H,1-3,7-10,12H2,(H,20,21,23). The molecule has 1 aliphatic rings. The number of benzene rings is 1. The number of aromatic nitrogens is 1. The minimum atomic E-state index is -0.268. The van der Waals surface area contributed by atoms with Crippen molar-refractivity contribution in [3.05, 3.63) is 46.7 Å². The van der Waals surface area contributed by atoms with Crippen LogP contribution in [0.15, 0.2) is 29.6 Å². The molecule has 1 amide bonds. The molecule has 4 nitrogen and oxygen atoms in total. The maximum absolute atomic E-state index is 13.1. The number of nitrogens with one attached hydrogen (secondary N) is 1. The molecular weight excluding hydrogens is 325 g/mol. The van der Waals surface area contributed by atoms with Crippen LogP contribution in [0.3, 0.4) is 0 Å². The number of carbonyl (C=O) groups is 1. The number of hydrogen-bond acceptors (Lipinski definition) is 4. The third-order valence-electron chi connectivity index (χ3n) is 4.16. The highest BCUT2D eigenvalue weighted by Crippen LogP contribution is 2.19. The van der Waals surface area contributed by atoms with Crippen molar-refractivity contribution in [2.24, 2.45) is 0 Å². The lowest BCUT2D eigenvalue weighted by atomic mass is 10.1. The Kier molecular flexibility index (Phi) is 5.93. The monoisotopic (exact) mass is 347 g/mol. The van der Waals surface area contributed by atoms with Crippen molar-refractivity contribution in [1.82, 2.24) is 9.88 Å². The average molecular weight is 347 g/mol. The number of anilines is 1. The van der Waals surface area contributed by atoms with Crippen LogP contribution in [-0.2, 0) is 17.8 Å². The summed E-state index contributed by atoms with van der Waals surface area (Å²) in [5, 5.41) is 5.50. The SMILES string of the molecule is O=C(CCc1cccc(F)c1)Nc1nc(CN2CCCCC2)cs1. The minimum absolute atomic E-state index is 0.0851. The molecule has 128 valence electrons. The molecule has 0 unspecified atom stereocenters. The van der Waals surface area contributed by atoms with Gasteiger partial charge in [0.05, 0.1) is 5.69 Å². The average Bonchev–Trinajstić information content (AvgIpc) is 3.01. The van der Waals surface area contributed by atoms with Crippen LogP contribution < -0.4 is 5.32 Å². The van der Waals surface area contributed by atoms with Crippen LogP contribution in [0.25, 0.3) is 0 Å². The van der Waals surface area contributed by atoms with Crippen LogP contribution in [0.5, 0.6) is 0 Å². The fourth-order valence-electron chi connectivity index (χ4n) is 2.92. The Morgan fingerprint density at radius 2 is 2.12 bits per heavy atom. The number of hydrogen-bond donors (Lipinski definition) is 1. The van der Waals surface area contributed by atoms with Gasteiger partial charge >= 0.3 is 0 Å². The quantitative estimate of drug-likeness (QED) is 0.863. The molecule has 24 heavy (non-hydrogen) atoms. The van der Waals surface area contributed by atoms with E-state index in [9.17, 15) is 9.18 Å². The van der Waals surface area contributed by atoms with E-state index < -0.39 is 0 Å². The lowest BCUT2D eigenvalue weighted by Crippen LogP contribution is -2.29. The first kappa shape index (κ1) is 17.0. The van der Waals surface area contributed by atoms with Crippen molar-refractivity contribution in [2.75, 3.05) is 18.4 Å². The highest BCUT2D eigenvalue weighted by molar-refractivity contribution is 7.13. The fraction of sp³-hybridized carbons (Fsp3) is 0.444. The Labute approximate surface area is 145 Å². The number of halogens is 1. The Bertz CT molecular complexity index is 682. The maximum Gasteiger partial charge on any atom is 0.226 e. The number of piperidine rings is 1. The number of carbonyl (C=O) groups excluding carboxylic acids is 1. The number of amides is 1. The molecule has 0 atom stereocenters. The van der Waals surface area contributed by atoms with Gasteiger partial charge in [-0.1, -0.05) is 18.6 Å². The summed E-state index contributed by atoms with van der Waals surface area (Å²) in [5.41, 5.74) is 1.84. The summed E-state index contributed by atoms with van der Waals surface area (Å²) in [7, 11) is 0. The molecule has 6 heteroatoms. The van der Waals surface area contributed by atoms with Gasteiger partial charge in [-0.25, -0.2) is 9.37 Å². The topological polar surface area (TPSA) is 45.2 Å². The van der Waals surface area contributed by atoms with Gasteiger partial charge in [-0.2, -0.15) is 0 Å². The molecule has 0 saturated carbocycles. The van der Waals surface area contributed by atoms with E-state index in [1.165, 1.54) is 42.7 Å². The first-order valence-electron chi connectivity index (χ1n) is 8.40. The van der Waals surface area contributed by atoms with Crippen molar-refractivity contribution in [3.63, 3.8) is 0 Å². The maximum atomic E-state index is 13.1. The molecule has 0 radical (unpaired) electrons. The highest BCUT2D eigenvalue weighted by atomic mass is 32.1. The van der Waals surface area contributed by atoms with Gasteiger partial charge in [0.1, 0.15) is 5.82 Å². The third kappa shape index (κ3) is 5.11. The zero-order chi connectivity index (χ0) is 16.8. The Morgan fingerprint density at radius 1 is 1.29 bits per heavy atom. The molecule has 1 aromatic heterocycles. The van der Waals surface area contributed by atoms with Crippen LogP contribution in [-0.4, -0.2) is 28.9 Å². The normalized spacial score (nSPS) is 15.4. The molecule has 1 aromatic carbocycles. The molecule has 1 saturated heterocycles. The van der Waals surface area contributed by atoms with Crippen molar-refractivity contribution in [3.8, 4) is 0 Å². The zero-order valence-electron chi connectivity index (χ0n) is 13.6. The van der Waals surface area contributed by atoms with Crippen molar-refractivity contribution in [1.29, 1.82) is 0 Å². The van der Waals surface area contributed by atoms with E-state index in [2.05, 4.69) is 15.2 Å². The Morgan fingerprint density at radius 3 is 2.92 bits per heavy atom. The van der Waals surface area contributed by atoms with Gasteiger partial charge in [0.25, 0.3) is 0 Å². The van der Waals surface area contributed by atoms with E-state index >= 15 is 0 Å². The second kappa shape index (κ2) is 8.35. The van der Waals surface area contributed by atoms with E-state index in [4.69, 9.17) is 0 Å². The molecule has 1 N–H and O–H groups in total. The van der Waals surface area contributed by atoms with Crippen LogP contribution >= 0.6 is 11.3 Å². The van der Waals surface area contributed by atoms with Gasteiger partial charge in [0.2, 0.25) is 5.91 Å². The molecule has 2 heterocycles. The van der Waals surface area contributed by atoms with Gasteiger partial charge in [0.15, 0.2) is 5.13 Å². The Hall–Kier alpha value is -1.79. The van der Waals surface area contributed by atoms with Crippen LogP contribution in [0.2, 0.25) is 0 Å². The third-order valence-corrected chi connectivity index (χ3v) is 4.97. The van der Waals surface area contributed by atoms with E-state index in [0.717, 1.165) is 30.9 Å². The van der Waals surface area contributed by atoms with E-state index in [-0.39, 0.29) is 11.7 Å². The van der Waals surface area contributed by atoms with Crippen LogP contribution in [0.1, 0.15) is 36.9 Å². The van der Waals surface area contributed by atoms with E-state index in [0.29, 0.717) is 18.0 Å². The zero-order valence-corrected chi connectivity index (χ0v) is 14.4. The second-order valence-electron chi connectivity index (χ2n) is 6.16. The molecule has 3 rings (SSSR count). The van der Waals surface area contributed by atoms with E-state index in [1.54, 1.807) is 6.07 Å². The molecule has 2 aromatic rings. The number of nitrogens with zero attached hydrogens (tertiary/aromatic N) is 2.